The SMILES string of the molecule is C[N+]1=C(C(C#N)=CC=C2N(Cc3ccccc3)c3ccccc3C2(C)C)C(C)(C)c2ccccc21. The molecule has 35 heavy (non-hydrogen) atoms. The lowest BCUT2D eigenvalue weighted by molar-refractivity contribution is -0.401. The molecule has 0 N–H and O–H groups in total. The van der Waals surface area contributed by atoms with Crippen LogP contribution in [-0.2, 0) is 17.4 Å². The summed E-state index contributed by atoms with van der Waals surface area (Å²) in [4.78, 5) is 2.40. The highest BCUT2D eigenvalue weighted by Crippen LogP contribution is 2.48. The van der Waals surface area contributed by atoms with Crippen LogP contribution in [0.2, 0.25) is 0 Å². The number of allylic oxidation sites excluding steroid dienone is 4. The molecule has 0 aliphatic carbocycles. The molecule has 0 radical (unpaired) electrons. The summed E-state index contributed by atoms with van der Waals surface area (Å²) in [5.74, 6) is 0. The Kier molecular flexibility index (Phi) is 5.49. The normalized spacial score (nSPS) is 19.0. The Hall–Kier alpha value is -3.90. The first kappa shape index (κ1) is 22.9. The highest BCUT2D eigenvalue weighted by atomic mass is 15.2. The lowest BCUT2D eigenvalue weighted by atomic mass is 9.78. The molecule has 174 valence electrons. The second-order valence-electron chi connectivity index (χ2n) is 10.5. The molecule has 3 heteroatoms. The Labute approximate surface area is 209 Å². The van der Waals surface area contributed by atoms with Crippen LogP contribution in [0.25, 0.3) is 0 Å². The van der Waals surface area contributed by atoms with E-state index in [1.165, 1.54) is 33.8 Å². The summed E-state index contributed by atoms with van der Waals surface area (Å²) < 4.78 is 2.18. The minimum absolute atomic E-state index is 0.173. The van der Waals surface area contributed by atoms with Crippen LogP contribution in [0.15, 0.2) is 102 Å². The second-order valence-corrected chi connectivity index (χ2v) is 10.5. The number of fused-ring (bicyclic) bond motifs is 2. The molecule has 0 saturated carbocycles. The number of hydrogen-bond donors (Lipinski definition) is 0. The summed E-state index contributed by atoms with van der Waals surface area (Å²) in [7, 11) is 2.07. The summed E-state index contributed by atoms with van der Waals surface area (Å²) >= 11 is 0. The molecule has 3 nitrogen and oxygen atoms in total. The van der Waals surface area contributed by atoms with E-state index in [2.05, 4.69) is 135 Å². The van der Waals surface area contributed by atoms with E-state index < -0.39 is 0 Å². The summed E-state index contributed by atoms with van der Waals surface area (Å²) in [5, 5.41) is 10.3. The van der Waals surface area contributed by atoms with Crippen LogP contribution in [0.5, 0.6) is 0 Å². The lowest BCUT2D eigenvalue weighted by Crippen LogP contribution is -2.30. The highest BCUT2D eigenvalue weighted by Gasteiger charge is 2.46. The Morgan fingerprint density at radius 2 is 1.49 bits per heavy atom. The standard InChI is InChI=1S/C32H32N3/c1-31(2)26-16-10-12-18-28(26)35(22-23-13-7-6-8-14-23)29(31)20-19-24(21-33)30-32(3,4)25-15-9-11-17-27(25)34(30)5/h6-20H,22H2,1-5H3/q+1. The average molecular weight is 459 g/mol. The van der Waals surface area contributed by atoms with Gasteiger partial charge in [0.25, 0.3) is 0 Å². The Morgan fingerprint density at radius 3 is 2.17 bits per heavy atom. The molecule has 0 bridgehead atoms. The topological polar surface area (TPSA) is 30.0 Å². The van der Waals surface area contributed by atoms with Gasteiger partial charge < -0.3 is 4.90 Å². The third-order valence-corrected chi connectivity index (χ3v) is 7.63. The molecular formula is C32H32N3+. The van der Waals surface area contributed by atoms with E-state index in [4.69, 9.17) is 0 Å². The number of rotatable bonds is 4. The molecule has 0 spiro atoms. The van der Waals surface area contributed by atoms with Crippen molar-refractivity contribution in [2.75, 3.05) is 11.9 Å². The monoisotopic (exact) mass is 458 g/mol. The fraction of sp³-hybridized carbons (Fsp3) is 0.250. The average Bonchev–Trinajstić information content (AvgIpc) is 3.20. The number of nitriles is 1. The van der Waals surface area contributed by atoms with Gasteiger partial charge in [0.1, 0.15) is 18.7 Å². The van der Waals surface area contributed by atoms with Crippen molar-refractivity contribution in [2.24, 2.45) is 0 Å². The second kappa shape index (κ2) is 8.40. The number of benzene rings is 3. The maximum Gasteiger partial charge on any atom is 0.209 e. The van der Waals surface area contributed by atoms with E-state index in [9.17, 15) is 5.26 Å². The van der Waals surface area contributed by atoms with Crippen LogP contribution in [0.1, 0.15) is 44.4 Å². The van der Waals surface area contributed by atoms with Gasteiger partial charge in [-0.3, -0.25) is 0 Å². The first-order valence-electron chi connectivity index (χ1n) is 12.2. The van der Waals surface area contributed by atoms with Crippen molar-refractivity contribution in [3.8, 4) is 6.07 Å². The fourth-order valence-electron chi connectivity index (χ4n) is 5.89. The van der Waals surface area contributed by atoms with Gasteiger partial charge in [-0.25, -0.2) is 0 Å². The highest BCUT2D eigenvalue weighted by molar-refractivity contribution is 6.09. The summed E-state index contributed by atoms with van der Waals surface area (Å²) in [6.45, 7) is 9.75. The zero-order valence-corrected chi connectivity index (χ0v) is 21.2. The van der Waals surface area contributed by atoms with Crippen LogP contribution in [0, 0.1) is 11.3 Å². The molecule has 0 unspecified atom stereocenters. The van der Waals surface area contributed by atoms with Crippen molar-refractivity contribution in [1.82, 2.24) is 0 Å². The van der Waals surface area contributed by atoms with Crippen LogP contribution in [-0.4, -0.2) is 17.3 Å². The van der Waals surface area contributed by atoms with E-state index in [0.29, 0.717) is 5.57 Å². The van der Waals surface area contributed by atoms with Gasteiger partial charge in [-0.15, -0.1) is 0 Å². The van der Waals surface area contributed by atoms with Gasteiger partial charge in [-0.05, 0) is 43.2 Å². The molecule has 2 aliphatic heterocycles. The Bertz CT molecular complexity index is 1430. The Balaban J connectivity index is 1.62. The van der Waals surface area contributed by atoms with E-state index in [1.54, 1.807) is 0 Å². The van der Waals surface area contributed by atoms with Crippen molar-refractivity contribution in [1.29, 1.82) is 5.26 Å². The molecule has 3 aromatic rings. The first-order valence-corrected chi connectivity index (χ1v) is 12.2. The number of para-hydroxylation sites is 2. The van der Waals surface area contributed by atoms with E-state index >= 15 is 0 Å². The van der Waals surface area contributed by atoms with Crippen LogP contribution >= 0.6 is 0 Å². The van der Waals surface area contributed by atoms with Crippen molar-refractivity contribution < 1.29 is 4.58 Å². The molecule has 3 aromatic carbocycles. The molecule has 5 rings (SSSR count). The minimum atomic E-state index is -0.247. The van der Waals surface area contributed by atoms with Crippen molar-refractivity contribution in [3.63, 3.8) is 0 Å². The van der Waals surface area contributed by atoms with Crippen molar-refractivity contribution in [3.05, 3.63) is 119 Å². The summed E-state index contributed by atoms with van der Waals surface area (Å²) in [6.07, 6.45) is 4.20. The quantitative estimate of drug-likeness (QED) is 0.310. The zero-order valence-electron chi connectivity index (χ0n) is 21.2. The third kappa shape index (κ3) is 3.61. The fourth-order valence-corrected chi connectivity index (χ4v) is 5.89. The smallest absolute Gasteiger partial charge is 0.209 e. The van der Waals surface area contributed by atoms with Gasteiger partial charge in [-0.1, -0.05) is 80.6 Å². The zero-order chi connectivity index (χ0) is 24.8. The predicted octanol–water partition coefficient (Wildman–Crippen LogP) is 7.02. The van der Waals surface area contributed by atoms with Gasteiger partial charge in [0.05, 0.1) is 5.41 Å². The molecule has 2 aliphatic rings. The van der Waals surface area contributed by atoms with Gasteiger partial charge >= 0.3 is 0 Å². The maximum absolute atomic E-state index is 10.3. The van der Waals surface area contributed by atoms with Gasteiger partial charge in [0.2, 0.25) is 11.4 Å². The van der Waals surface area contributed by atoms with E-state index in [-0.39, 0.29) is 10.8 Å². The largest absolute Gasteiger partial charge is 0.340 e. The first-order chi connectivity index (χ1) is 16.8. The third-order valence-electron chi connectivity index (χ3n) is 7.63. The molecule has 2 heterocycles. The van der Waals surface area contributed by atoms with Gasteiger partial charge in [0.15, 0.2) is 0 Å². The minimum Gasteiger partial charge on any atom is -0.340 e. The van der Waals surface area contributed by atoms with Crippen LogP contribution in [0.4, 0.5) is 11.4 Å². The molecule has 0 amide bonds. The molecular weight excluding hydrogens is 426 g/mol. The van der Waals surface area contributed by atoms with Crippen molar-refractivity contribution in [2.45, 2.75) is 45.1 Å². The van der Waals surface area contributed by atoms with Gasteiger partial charge in [0, 0.05) is 35.0 Å². The van der Waals surface area contributed by atoms with Crippen LogP contribution < -0.4 is 4.90 Å². The van der Waals surface area contributed by atoms with Gasteiger partial charge in [-0.2, -0.15) is 9.84 Å². The van der Waals surface area contributed by atoms with Crippen molar-refractivity contribution >= 4 is 17.1 Å². The lowest BCUT2D eigenvalue weighted by Gasteiger charge is -2.27. The maximum atomic E-state index is 10.3. The number of anilines is 1. The number of hydrogen-bond acceptors (Lipinski definition) is 2. The molecule has 0 aromatic heterocycles. The molecule has 0 fully saturated rings. The van der Waals surface area contributed by atoms with E-state index in [0.717, 1.165) is 12.3 Å². The molecule has 0 saturated heterocycles. The Morgan fingerprint density at radius 1 is 0.857 bits per heavy atom. The predicted molar refractivity (Wildman–Crippen MR) is 144 cm³/mol. The number of nitrogens with zero attached hydrogens (tertiary/aromatic N) is 3. The van der Waals surface area contributed by atoms with Crippen LogP contribution in [0.3, 0.4) is 0 Å². The summed E-state index contributed by atoms with van der Waals surface area (Å²) in [5.41, 5.74) is 8.75. The molecule has 0 atom stereocenters. The summed E-state index contributed by atoms with van der Waals surface area (Å²) in [6, 6.07) is 30.2. The van der Waals surface area contributed by atoms with E-state index in [1.807, 2.05) is 6.08 Å².